The summed E-state index contributed by atoms with van der Waals surface area (Å²) in [7, 11) is 0. The standard InChI is InChI=1S/C19H22FN3O2/c1-3-23(4-2)19(25)14-9-11-15(12-10-14)21-13-18(24)22-17-8-6-5-7-16(17)20/h5-12,21H,3-4,13H2,1-2H3,(H,22,24). The molecule has 0 saturated heterocycles. The molecule has 0 aliphatic heterocycles. The summed E-state index contributed by atoms with van der Waals surface area (Å²) in [6.07, 6.45) is 0. The number of rotatable bonds is 7. The summed E-state index contributed by atoms with van der Waals surface area (Å²) in [5.74, 6) is -0.850. The van der Waals surface area contributed by atoms with Crippen LogP contribution in [-0.2, 0) is 4.79 Å². The van der Waals surface area contributed by atoms with Crippen molar-refractivity contribution in [2.24, 2.45) is 0 Å². The first-order valence-electron chi connectivity index (χ1n) is 8.22. The third-order valence-electron chi connectivity index (χ3n) is 3.78. The molecule has 0 aliphatic carbocycles. The minimum atomic E-state index is -0.477. The molecule has 0 fully saturated rings. The Bertz CT molecular complexity index is 728. The molecule has 2 aromatic carbocycles. The fourth-order valence-corrected chi connectivity index (χ4v) is 2.36. The second-order valence-corrected chi connectivity index (χ2v) is 5.44. The Hall–Kier alpha value is -2.89. The fraction of sp³-hybridized carbons (Fsp3) is 0.263. The number of hydrogen-bond acceptors (Lipinski definition) is 3. The number of nitrogens with one attached hydrogen (secondary N) is 2. The summed E-state index contributed by atoms with van der Waals surface area (Å²) in [5.41, 5.74) is 1.46. The molecule has 0 saturated carbocycles. The van der Waals surface area contributed by atoms with Gasteiger partial charge >= 0.3 is 0 Å². The average molecular weight is 343 g/mol. The van der Waals surface area contributed by atoms with E-state index in [9.17, 15) is 14.0 Å². The molecule has 0 atom stereocenters. The smallest absolute Gasteiger partial charge is 0.253 e. The average Bonchev–Trinajstić information content (AvgIpc) is 2.63. The van der Waals surface area contributed by atoms with Gasteiger partial charge in [0.1, 0.15) is 5.82 Å². The summed E-state index contributed by atoms with van der Waals surface area (Å²) in [5, 5.41) is 5.45. The second kappa shape index (κ2) is 8.82. The highest BCUT2D eigenvalue weighted by molar-refractivity contribution is 5.95. The van der Waals surface area contributed by atoms with Crippen LogP contribution in [0, 0.1) is 5.82 Å². The topological polar surface area (TPSA) is 61.4 Å². The van der Waals surface area contributed by atoms with Crippen LogP contribution in [0.5, 0.6) is 0 Å². The molecule has 0 radical (unpaired) electrons. The van der Waals surface area contributed by atoms with E-state index in [0.717, 1.165) is 0 Å². The van der Waals surface area contributed by atoms with Crippen LogP contribution >= 0.6 is 0 Å². The quantitative estimate of drug-likeness (QED) is 0.810. The van der Waals surface area contributed by atoms with Crippen LogP contribution in [0.3, 0.4) is 0 Å². The lowest BCUT2D eigenvalue weighted by molar-refractivity contribution is -0.114. The molecule has 132 valence electrons. The van der Waals surface area contributed by atoms with Crippen LogP contribution in [0.15, 0.2) is 48.5 Å². The number of carbonyl (C=O) groups is 2. The largest absolute Gasteiger partial charge is 0.376 e. The van der Waals surface area contributed by atoms with Crippen LogP contribution in [0.2, 0.25) is 0 Å². The van der Waals surface area contributed by atoms with Crippen LogP contribution in [-0.4, -0.2) is 36.3 Å². The van der Waals surface area contributed by atoms with Crippen molar-refractivity contribution in [2.45, 2.75) is 13.8 Å². The Labute approximate surface area is 146 Å². The molecule has 2 rings (SSSR count). The predicted molar refractivity (Wildman–Crippen MR) is 97.2 cm³/mol. The summed E-state index contributed by atoms with van der Waals surface area (Å²) >= 11 is 0. The first kappa shape index (κ1) is 18.4. The number of amides is 2. The van der Waals surface area contributed by atoms with Crippen molar-refractivity contribution in [3.8, 4) is 0 Å². The monoisotopic (exact) mass is 343 g/mol. The summed E-state index contributed by atoms with van der Waals surface area (Å²) in [6.45, 7) is 5.19. The van der Waals surface area contributed by atoms with Crippen LogP contribution < -0.4 is 10.6 Å². The lowest BCUT2D eigenvalue weighted by Crippen LogP contribution is -2.30. The molecule has 2 N–H and O–H groups in total. The lowest BCUT2D eigenvalue weighted by atomic mass is 10.1. The molecule has 0 aromatic heterocycles. The van der Waals surface area contributed by atoms with E-state index in [1.54, 1.807) is 41.3 Å². The van der Waals surface area contributed by atoms with Crippen LogP contribution in [0.4, 0.5) is 15.8 Å². The zero-order valence-electron chi connectivity index (χ0n) is 14.4. The second-order valence-electron chi connectivity index (χ2n) is 5.44. The Balaban J connectivity index is 1.90. The SMILES string of the molecule is CCN(CC)C(=O)c1ccc(NCC(=O)Nc2ccccc2F)cc1. The zero-order chi connectivity index (χ0) is 18.2. The summed E-state index contributed by atoms with van der Waals surface area (Å²) < 4.78 is 13.5. The van der Waals surface area contributed by atoms with E-state index in [0.29, 0.717) is 24.3 Å². The molecule has 0 spiro atoms. The Morgan fingerprint density at radius 3 is 2.24 bits per heavy atom. The van der Waals surface area contributed by atoms with Gasteiger partial charge in [0.15, 0.2) is 0 Å². The van der Waals surface area contributed by atoms with Crippen molar-refractivity contribution in [1.29, 1.82) is 0 Å². The molecule has 0 heterocycles. The van der Waals surface area contributed by atoms with Crippen LogP contribution in [0.25, 0.3) is 0 Å². The van der Waals surface area contributed by atoms with Crippen molar-refractivity contribution in [2.75, 3.05) is 30.3 Å². The van der Waals surface area contributed by atoms with E-state index in [2.05, 4.69) is 10.6 Å². The zero-order valence-corrected chi connectivity index (χ0v) is 14.4. The first-order valence-corrected chi connectivity index (χ1v) is 8.22. The number of carbonyl (C=O) groups excluding carboxylic acids is 2. The Morgan fingerprint density at radius 2 is 1.64 bits per heavy atom. The number of nitrogens with zero attached hydrogens (tertiary/aromatic N) is 1. The predicted octanol–water partition coefficient (Wildman–Crippen LogP) is 3.36. The minimum Gasteiger partial charge on any atom is -0.376 e. The Kier molecular flexibility index (Phi) is 6.51. The van der Waals surface area contributed by atoms with Crippen molar-refractivity contribution in [3.63, 3.8) is 0 Å². The van der Waals surface area contributed by atoms with Crippen LogP contribution in [0.1, 0.15) is 24.2 Å². The van der Waals surface area contributed by atoms with E-state index >= 15 is 0 Å². The van der Waals surface area contributed by atoms with Gasteiger partial charge in [-0.15, -0.1) is 0 Å². The molecule has 0 unspecified atom stereocenters. The van der Waals surface area contributed by atoms with Gasteiger partial charge in [-0.1, -0.05) is 12.1 Å². The third kappa shape index (κ3) is 5.04. The van der Waals surface area contributed by atoms with E-state index in [1.807, 2.05) is 13.8 Å². The lowest BCUT2D eigenvalue weighted by Gasteiger charge is -2.18. The van der Waals surface area contributed by atoms with Crippen molar-refractivity contribution in [1.82, 2.24) is 4.90 Å². The molecular formula is C19H22FN3O2. The normalized spacial score (nSPS) is 10.2. The molecule has 6 heteroatoms. The van der Waals surface area contributed by atoms with Crippen molar-refractivity contribution in [3.05, 3.63) is 59.9 Å². The number of halogens is 1. The maximum Gasteiger partial charge on any atom is 0.253 e. The molecule has 0 aliphatic rings. The fourth-order valence-electron chi connectivity index (χ4n) is 2.36. The molecule has 5 nitrogen and oxygen atoms in total. The van der Waals surface area contributed by atoms with Gasteiger partial charge < -0.3 is 15.5 Å². The van der Waals surface area contributed by atoms with Crippen molar-refractivity contribution >= 4 is 23.2 Å². The van der Waals surface area contributed by atoms with E-state index < -0.39 is 5.82 Å². The van der Waals surface area contributed by atoms with Gasteiger partial charge in [-0.2, -0.15) is 0 Å². The number of hydrogen-bond donors (Lipinski definition) is 2. The minimum absolute atomic E-state index is 0.00231. The maximum atomic E-state index is 13.5. The van der Waals surface area contributed by atoms with Gasteiger partial charge in [-0.25, -0.2) is 4.39 Å². The number of anilines is 2. The molecule has 2 aromatic rings. The van der Waals surface area contributed by atoms with Gasteiger partial charge in [-0.05, 0) is 50.2 Å². The summed E-state index contributed by atoms with van der Waals surface area (Å²) in [4.78, 5) is 25.8. The number of benzene rings is 2. The number of para-hydroxylation sites is 1. The summed E-state index contributed by atoms with van der Waals surface area (Å²) in [6, 6.07) is 12.9. The van der Waals surface area contributed by atoms with Gasteiger partial charge in [0.25, 0.3) is 5.91 Å². The molecule has 0 bridgehead atoms. The third-order valence-corrected chi connectivity index (χ3v) is 3.78. The van der Waals surface area contributed by atoms with Gasteiger partial charge in [0.05, 0.1) is 12.2 Å². The van der Waals surface area contributed by atoms with Gasteiger partial charge in [0.2, 0.25) is 5.91 Å². The van der Waals surface area contributed by atoms with Gasteiger partial charge in [0, 0.05) is 24.3 Å². The van der Waals surface area contributed by atoms with E-state index in [4.69, 9.17) is 0 Å². The van der Waals surface area contributed by atoms with Gasteiger partial charge in [-0.3, -0.25) is 9.59 Å². The first-order chi connectivity index (χ1) is 12.0. The molecular weight excluding hydrogens is 321 g/mol. The molecule has 2 amide bonds. The van der Waals surface area contributed by atoms with E-state index in [-0.39, 0.29) is 24.0 Å². The highest BCUT2D eigenvalue weighted by atomic mass is 19.1. The highest BCUT2D eigenvalue weighted by Gasteiger charge is 2.12. The van der Waals surface area contributed by atoms with Crippen molar-refractivity contribution < 1.29 is 14.0 Å². The van der Waals surface area contributed by atoms with E-state index in [1.165, 1.54) is 12.1 Å². The Morgan fingerprint density at radius 1 is 1.00 bits per heavy atom. The maximum absolute atomic E-state index is 13.5. The highest BCUT2D eigenvalue weighted by Crippen LogP contribution is 2.13. The molecule has 25 heavy (non-hydrogen) atoms.